The molecule has 0 spiro atoms. The van der Waals surface area contributed by atoms with Crippen LogP contribution in [-0.4, -0.2) is 81.2 Å². The number of benzene rings is 2. The van der Waals surface area contributed by atoms with Crippen molar-refractivity contribution in [2.75, 3.05) is 24.8 Å². The van der Waals surface area contributed by atoms with Crippen LogP contribution < -0.4 is 9.80 Å². The molecule has 0 saturated carbocycles. The van der Waals surface area contributed by atoms with E-state index in [0.717, 1.165) is 4.31 Å². The Labute approximate surface area is 246 Å². The average molecular weight is 604 g/mol. The number of amides is 2. The van der Waals surface area contributed by atoms with Crippen molar-refractivity contribution in [3.05, 3.63) is 54.6 Å². The quantitative estimate of drug-likeness (QED) is 0.256. The first-order chi connectivity index (χ1) is 19.1. The SMILES string of the molecule is CC#CCOc1ccc(S(=O)(=O)N2C[C@H](CN(C(=O)O)C(C)(C)C)SC(C)(C)[C@@H]2C(=O)N(O)c2ccccc2)cc1. The Balaban J connectivity index is 2.05. The van der Waals surface area contributed by atoms with Gasteiger partial charge >= 0.3 is 6.09 Å². The summed E-state index contributed by atoms with van der Waals surface area (Å²) in [5.74, 6) is 5.10. The van der Waals surface area contributed by atoms with E-state index < -0.39 is 43.6 Å². The standard InChI is InChI=1S/C29H37N3O7S2/c1-7-8-18-39-22-14-16-24(17-15-22)41(37,38)31-20-23(19-30(27(34)35)28(2,3)4)40-29(5,6)25(31)26(33)32(36)21-12-10-9-11-13-21/h9-17,23,25,36H,18-20H2,1-6H3,(H,34,35)/t23-,25-/m0/s1. The summed E-state index contributed by atoms with van der Waals surface area (Å²) in [7, 11) is -4.30. The number of hydroxylamine groups is 1. The van der Waals surface area contributed by atoms with Crippen molar-refractivity contribution in [2.24, 2.45) is 0 Å². The Kier molecular flexibility index (Phi) is 10.0. The summed E-state index contributed by atoms with van der Waals surface area (Å²) in [4.78, 5) is 27.1. The Hall–Kier alpha value is -3.24. The van der Waals surface area contributed by atoms with Gasteiger partial charge in [-0.1, -0.05) is 24.1 Å². The summed E-state index contributed by atoms with van der Waals surface area (Å²) in [6, 6.07) is 12.6. The van der Waals surface area contributed by atoms with Gasteiger partial charge in [0.2, 0.25) is 10.0 Å². The normalized spacial score (nSPS) is 19.0. The summed E-state index contributed by atoms with van der Waals surface area (Å²) in [6.45, 7) is 10.5. The van der Waals surface area contributed by atoms with Crippen molar-refractivity contribution in [1.82, 2.24) is 9.21 Å². The van der Waals surface area contributed by atoms with Gasteiger partial charge in [-0.3, -0.25) is 10.0 Å². The number of carbonyl (C=O) groups is 2. The number of sulfonamides is 1. The Morgan fingerprint density at radius 3 is 2.27 bits per heavy atom. The molecule has 1 aliphatic heterocycles. The van der Waals surface area contributed by atoms with E-state index >= 15 is 0 Å². The number of thioether (sulfide) groups is 1. The number of anilines is 1. The van der Waals surface area contributed by atoms with Crippen molar-refractivity contribution >= 4 is 39.5 Å². The Morgan fingerprint density at radius 1 is 1.12 bits per heavy atom. The van der Waals surface area contributed by atoms with Gasteiger partial charge in [-0.15, -0.1) is 17.7 Å². The van der Waals surface area contributed by atoms with Crippen molar-refractivity contribution in [3.63, 3.8) is 0 Å². The number of nitrogens with zero attached hydrogens (tertiary/aromatic N) is 3. The molecule has 2 aromatic rings. The molecular formula is C29H37N3O7S2. The maximum absolute atomic E-state index is 14.2. The third kappa shape index (κ3) is 7.54. The van der Waals surface area contributed by atoms with E-state index in [1.54, 1.807) is 59.7 Å². The van der Waals surface area contributed by atoms with Gasteiger partial charge in [0, 0.05) is 28.6 Å². The van der Waals surface area contributed by atoms with Gasteiger partial charge in [0.05, 0.1) is 10.6 Å². The van der Waals surface area contributed by atoms with Crippen LogP contribution in [0.4, 0.5) is 10.5 Å². The van der Waals surface area contributed by atoms with E-state index in [2.05, 4.69) is 11.8 Å². The van der Waals surface area contributed by atoms with E-state index in [0.29, 0.717) is 10.8 Å². The Morgan fingerprint density at radius 2 is 1.73 bits per heavy atom. The number of para-hydroxylation sites is 1. The summed E-state index contributed by atoms with van der Waals surface area (Å²) in [5.41, 5.74) is -0.542. The molecule has 2 amide bonds. The summed E-state index contributed by atoms with van der Waals surface area (Å²) in [5, 5.41) is 20.8. The van der Waals surface area contributed by atoms with Crippen LogP contribution in [0.2, 0.25) is 0 Å². The van der Waals surface area contributed by atoms with Crippen LogP contribution >= 0.6 is 11.8 Å². The fraction of sp³-hybridized carbons (Fsp3) is 0.448. The van der Waals surface area contributed by atoms with Gasteiger partial charge in [-0.25, -0.2) is 13.2 Å². The maximum Gasteiger partial charge on any atom is 0.407 e. The summed E-state index contributed by atoms with van der Waals surface area (Å²) < 4.78 is 33.9. The summed E-state index contributed by atoms with van der Waals surface area (Å²) in [6.07, 6.45) is -1.13. The minimum absolute atomic E-state index is 0.0344. The molecule has 12 heteroatoms. The van der Waals surface area contributed by atoms with Crippen LogP contribution in [0, 0.1) is 11.8 Å². The highest BCUT2D eigenvalue weighted by atomic mass is 32.2. The van der Waals surface area contributed by atoms with Gasteiger partial charge < -0.3 is 14.7 Å². The zero-order valence-electron chi connectivity index (χ0n) is 24.1. The molecule has 41 heavy (non-hydrogen) atoms. The highest BCUT2D eigenvalue weighted by molar-refractivity contribution is 8.01. The van der Waals surface area contributed by atoms with Crippen LogP contribution in [-0.2, 0) is 14.8 Å². The number of carboxylic acid groups (broad SMARTS) is 1. The van der Waals surface area contributed by atoms with E-state index in [-0.39, 0.29) is 30.3 Å². The minimum atomic E-state index is -4.30. The molecule has 1 heterocycles. The van der Waals surface area contributed by atoms with Crippen LogP contribution in [0.1, 0.15) is 41.5 Å². The van der Waals surface area contributed by atoms with E-state index in [9.17, 15) is 28.3 Å². The third-order valence-electron chi connectivity index (χ3n) is 6.59. The molecule has 0 aliphatic carbocycles. The topological polar surface area (TPSA) is 128 Å². The van der Waals surface area contributed by atoms with Crippen molar-refractivity contribution < 1.29 is 33.1 Å². The van der Waals surface area contributed by atoms with Gasteiger partial charge in [0.15, 0.2) is 0 Å². The number of hydrogen-bond acceptors (Lipinski definition) is 7. The lowest BCUT2D eigenvalue weighted by molar-refractivity contribution is -0.128. The smallest absolute Gasteiger partial charge is 0.407 e. The van der Waals surface area contributed by atoms with Gasteiger partial charge in [-0.05, 0) is 77.9 Å². The molecular weight excluding hydrogens is 566 g/mol. The van der Waals surface area contributed by atoms with Gasteiger partial charge in [0.1, 0.15) is 18.4 Å². The molecule has 0 bridgehead atoms. The van der Waals surface area contributed by atoms with Crippen molar-refractivity contribution in [3.8, 4) is 17.6 Å². The fourth-order valence-electron chi connectivity index (χ4n) is 4.63. The molecule has 10 nitrogen and oxygen atoms in total. The number of rotatable bonds is 8. The largest absolute Gasteiger partial charge is 0.481 e. The van der Waals surface area contributed by atoms with Gasteiger partial charge in [0.25, 0.3) is 5.91 Å². The first-order valence-corrected chi connectivity index (χ1v) is 15.3. The molecule has 0 unspecified atom stereocenters. The second-order valence-electron chi connectivity index (χ2n) is 11.1. The highest BCUT2D eigenvalue weighted by Gasteiger charge is 2.53. The van der Waals surface area contributed by atoms with Crippen LogP contribution in [0.5, 0.6) is 5.75 Å². The predicted molar refractivity (Wildman–Crippen MR) is 159 cm³/mol. The average Bonchev–Trinajstić information content (AvgIpc) is 2.90. The van der Waals surface area contributed by atoms with Crippen LogP contribution in [0.25, 0.3) is 0 Å². The first-order valence-electron chi connectivity index (χ1n) is 13.0. The van der Waals surface area contributed by atoms with E-state index in [1.165, 1.54) is 53.1 Å². The molecule has 222 valence electrons. The lowest BCUT2D eigenvalue weighted by atomic mass is 10.0. The minimum Gasteiger partial charge on any atom is -0.481 e. The number of ether oxygens (including phenoxy) is 1. The second-order valence-corrected chi connectivity index (χ2v) is 14.9. The Bertz CT molecular complexity index is 1400. The highest BCUT2D eigenvalue weighted by Crippen LogP contribution is 2.43. The molecule has 0 aromatic heterocycles. The van der Waals surface area contributed by atoms with E-state index in [4.69, 9.17) is 4.74 Å². The molecule has 3 rings (SSSR count). The summed E-state index contributed by atoms with van der Waals surface area (Å²) >= 11 is 1.33. The predicted octanol–water partition coefficient (Wildman–Crippen LogP) is 4.54. The van der Waals surface area contributed by atoms with Crippen molar-refractivity contribution in [1.29, 1.82) is 0 Å². The van der Waals surface area contributed by atoms with Crippen molar-refractivity contribution in [2.45, 2.75) is 68.0 Å². The molecule has 1 saturated heterocycles. The van der Waals surface area contributed by atoms with Gasteiger partial charge in [-0.2, -0.15) is 9.37 Å². The maximum atomic E-state index is 14.2. The number of carbonyl (C=O) groups excluding carboxylic acids is 1. The zero-order valence-corrected chi connectivity index (χ0v) is 25.7. The first kappa shape index (κ1) is 32.3. The van der Waals surface area contributed by atoms with Crippen LogP contribution in [0.15, 0.2) is 59.5 Å². The molecule has 1 aliphatic rings. The molecule has 2 N–H and O–H groups in total. The molecule has 0 radical (unpaired) electrons. The monoisotopic (exact) mass is 603 g/mol. The van der Waals surface area contributed by atoms with E-state index in [1.807, 2.05) is 0 Å². The molecule has 1 fully saturated rings. The second kappa shape index (κ2) is 12.7. The lowest BCUT2D eigenvalue weighted by Gasteiger charge is -2.49. The lowest BCUT2D eigenvalue weighted by Crippen LogP contribution is -2.64. The molecule has 2 atom stereocenters. The zero-order chi connectivity index (χ0) is 30.6. The fourth-order valence-corrected chi connectivity index (χ4v) is 8.22. The molecule has 2 aromatic carbocycles. The third-order valence-corrected chi connectivity index (χ3v) is 9.90. The number of hydrogen-bond donors (Lipinski definition) is 2. The van der Waals surface area contributed by atoms with Crippen LogP contribution in [0.3, 0.4) is 0 Å².